The Balaban J connectivity index is 1.14. The highest BCUT2D eigenvalue weighted by Gasteiger charge is 2.61. The Morgan fingerprint density at radius 1 is 0.878 bits per heavy atom. The number of hydrogen-bond acceptors (Lipinski definition) is 3. The Morgan fingerprint density at radius 3 is 2.27 bits per heavy atom. The van der Waals surface area contributed by atoms with E-state index >= 15 is 0 Å². The molecule has 0 saturated heterocycles. The van der Waals surface area contributed by atoms with Crippen LogP contribution in [0.1, 0.15) is 97.0 Å². The highest BCUT2D eigenvalue weighted by molar-refractivity contribution is 5.74. The second kappa shape index (κ2) is 10.8. The zero-order valence-corrected chi connectivity index (χ0v) is 25.7. The summed E-state index contributed by atoms with van der Waals surface area (Å²) >= 11 is 0. The molecule has 2 aromatic rings. The quantitative estimate of drug-likeness (QED) is 0.277. The lowest BCUT2D eigenvalue weighted by molar-refractivity contribution is -0.160. The van der Waals surface area contributed by atoms with Crippen LogP contribution in [0.2, 0.25) is 0 Å². The van der Waals surface area contributed by atoms with Crippen LogP contribution in [0.3, 0.4) is 0 Å². The lowest BCUT2D eigenvalue weighted by Gasteiger charge is -2.62. The third-order valence-electron chi connectivity index (χ3n) is 13.2. The fraction of sp³-hybridized carbons (Fsp3) is 0.649. The second-order valence-electron chi connectivity index (χ2n) is 15.0. The van der Waals surface area contributed by atoms with Crippen molar-refractivity contribution in [3.8, 4) is 11.1 Å². The van der Waals surface area contributed by atoms with Crippen LogP contribution in [-0.2, 0) is 10.4 Å². The molecule has 222 valence electrons. The molecule has 4 aliphatic carbocycles. The summed E-state index contributed by atoms with van der Waals surface area (Å²) in [7, 11) is 1.44. The summed E-state index contributed by atoms with van der Waals surface area (Å²) in [5.74, 6) is 3.95. The van der Waals surface area contributed by atoms with Crippen LogP contribution in [0, 0.1) is 46.3 Å². The van der Waals surface area contributed by atoms with Gasteiger partial charge in [-0.3, -0.25) is 10.0 Å². The zero-order valence-electron chi connectivity index (χ0n) is 25.7. The number of benzene rings is 2. The van der Waals surface area contributed by atoms with Crippen LogP contribution < -0.4 is 0 Å². The maximum absolute atomic E-state index is 12.1. The molecule has 0 spiro atoms. The molecule has 0 unspecified atom stereocenters. The summed E-state index contributed by atoms with van der Waals surface area (Å²) in [5.41, 5.74) is 3.50. The van der Waals surface area contributed by atoms with E-state index in [1.165, 1.54) is 56.7 Å². The molecule has 0 heterocycles. The SMILES string of the molecule is C[C@H](CCC(=O)N(C)O)[C@H]1CC[C@H]2[C@@H]3CC[C@@H]4C[C@](O)(c5ccc(-c6ccccc6)cc5)CC[C@]4(C)[C@H]3CC[C@]12C. The van der Waals surface area contributed by atoms with E-state index in [2.05, 4.69) is 75.4 Å². The van der Waals surface area contributed by atoms with Crippen LogP contribution >= 0.6 is 0 Å². The molecule has 4 aliphatic rings. The first kappa shape index (κ1) is 28.9. The van der Waals surface area contributed by atoms with Gasteiger partial charge in [-0.15, -0.1) is 0 Å². The van der Waals surface area contributed by atoms with Crippen LogP contribution in [0.4, 0.5) is 0 Å². The third kappa shape index (κ3) is 4.97. The molecule has 4 nitrogen and oxygen atoms in total. The predicted molar refractivity (Wildman–Crippen MR) is 164 cm³/mol. The standard InChI is InChI=1S/C37H51NO3/c1-25(10-19-34(39)38(4)41)31-17-18-32-30-16-15-29-24-37(40,23-22-35(29,2)33(30)20-21-36(31,32)3)28-13-11-27(12-14-28)26-8-6-5-7-9-26/h5-9,11-14,25,29-33,40-41H,10,15-24H2,1-4H3/t25-,29-,30+,31-,32+,33+,35+,36-,37+/m1/s1. The van der Waals surface area contributed by atoms with Gasteiger partial charge >= 0.3 is 0 Å². The van der Waals surface area contributed by atoms with E-state index in [0.29, 0.717) is 35.0 Å². The molecule has 0 bridgehead atoms. The molecule has 4 fully saturated rings. The molecule has 4 heteroatoms. The first-order valence-electron chi connectivity index (χ1n) is 16.4. The largest absolute Gasteiger partial charge is 0.385 e. The Labute approximate surface area is 247 Å². The number of hydroxylamine groups is 2. The third-order valence-corrected chi connectivity index (χ3v) is 13.2. The van der Waals surface area contributed by atoms with Crippen molar-refractivity contribution in [2.45, 2.75) is 97.0 Å². The van der Waals surface area contributed by atoms with E-state index in [4.69, 9.17) is 0 Å². The van der Waals surface area contributed by atoms with Crippen molar-refractivity contribution in [1.29, 1.82) is 0 Å². The summed E-state index contributed by atoms with van der Waals surface area (Å²) in [5, 5.41) is 22.3. The maximum atomic E-state index is 12.1. The van der Waals surface area contributed by atoms with Gasteiger partial charge in [0.05, 0.1) is 5.60 Å². The van der Waals surface area contributed by atoms with Gasteiger partial charge < -0.3 is 5.11 Å². The van der Waals surface area contributed by atoms with Crippen LogP contribution in [0.5, 0.6) is 0 Å². The normalized spacial score (nSPS) is 38.8. The Bertz CT molecular complexity index is 1230. The van der Waals surface area contributed by atoms with Crippen molar-refractivity contribution in [1.82, 2.24) is 5.06 Å². The average Bonchev–Trinajstić information content (AvgIpc) is 3.34. The van der Waals surface area contributed by atoms with Crippen LogP contribution in [-0.4, -0.2) is 28.3 Å². The Kier molecular flexibility index (Phi) is 7.64. The van der Waals surface area contributed by atoms with Gasteiger partial charge in [0, 0.05) is 13.5 Å². The number of nitrogens with zero attached hydrogens (tertiary/aromatic N) is 1. The van der Waals surface area contributed by atoms with Gasteiger partial charge in [0.1, 0.15) is 0 Å². The number of hydrogen-bond donors (Lipinski definition) is 2. The van der Waals surface area contributed by atoms with Crippen LogP contribution in [0.15, 0.2) is 54.6 Å². The topological polar surface area (TPSA) is 60.8 Å². The maximum Gasteiger partial charge on any atom is 0.245 e. The number of rotatable bonds is 6. The first-order chi connectivity index (χ1) is 19.5. The van der Waals surface area contributed by atoms with Gasteiger partial charge in [-0.25, -0.2) is 5.06 Å². The second-order valence-corrected chi connectivity index (χ2v) is 15.0. The van der Waals surface area contributed by atoms with Gasteiger partial charge in [-0.05, 0) is 127 Å². The smallest absolute Gasteiger partial charge is 0.245 e. The minimum atomic E-state index is -0.719. The summed E-state index contributed by atoms with van der Waals surface area (Å²) in [6.45, 7) is 7.51. The number of carbonyl (C=O) groups is 1. The highest BCUT2D eigenvalue weighted by Crippen LogP contribution is 2.69. The molecule has 0 aliphatic heterocycles. The molecule has 1 amide bonds. The van der Waals surface area contributed by atoms with Crippen molar-refractivity contribution in [2.24, 2.45) is 46.3 Å². The van der Waals surface area contributed by atoms with Gasteiger partial charge in [0.25, 0.3) is 0 Å². The fourth-order valence-electron chi connectivity index (χ4n) is 10.8. The number of amides is 1. The average molecular weight is 558 g/mol. The first-order valence-corrected chi connectivity index (χ1v) is 16.4. The van der Waals surface area contributed by atoms with Crippen molar-refractivity contribution in [2.75, 3.05) is 7.05 Å². The molecule has 2 N–H and O–H groups in total. The summed E-state index contributed by atoms with van der Waals surface area (Å²) < 4.78 is 0. The lowest BCUT2D eigenvalue weighted by atomic mass is 9.43. The Hall–Kier alpha value is -2.17. The molecular formula is C37H51NO3. The molecule has 0 aromatic heterocycles. The molecule has 41 heavy (non-hydrogen) atoms. The number of aliphatic hydroxyl groups is 1. The van der Waals surface area contributed by atoms with Crippen molar-refractivity contribution < 1.29 is 15.1 Å². The monoisotopic (exact) mass is 557 g/mol. The molecule has 0 radical (unpaired) electrons. The summed E-state index contributed by atoms with van der Waals surface area (Å²) in [4.78, 5) is 12.1. The number of fused-ring (bicyclic) bond motifs is 5. The van der Waals surface area contributed by atoms with Gasteiger partial charge in [0.15, 0.2) is 0 Å². The summed E-state index contributed by atoms with van der Waals surface area (Å²) in [6, 6.07) is 19.2. The molecule has 4 saturated carbocycles. The van der Waals surface area contributed by atoms with Crippen molar-refractivity contribution in [3.05, 3.63) is 60.2 Å². The molecule has 9 atom stereocenters. The fourth-order valence-corrected chi connectivity index (χ4v) is 10.8. The minimum Gasteiger partial charge on any atom is -0.385 e. The van der Waals surface area contributed by atoms with Crippen molar-refractivity contribution in [3.63, 3.8) is 0 Å². The minimum absolute atomic E-state index is 0.170. The van der Waals surface area contributed by atoms with E-state index < -0.39 is 5.60 Å². The predicted octanol–water partition coefficient (Wildman–Crippen LogP) is 8.46. The van der Waals surface area contributed by atoms with E-state index in [1.807, 2.05) is 0 Å². The van der Waals surface area contributed by atoms with Crippen molar-refractivity contribution >= 4 is 5.91 Å². The van der Waals surface area contributed by atoms with Crippen LogP contribution in [0.25, 0.3) is 11.1 Å². The molecular weight excluding hydrogens is 506 g/mol. The molecule has 6 rings (SSSR count). The molecule has 2 aromatic carbocycles. The van der Waals surface area contributed by atoms with Gasteiger partial charge in [-0.1, -0.05) is 75.4 Å². The van der Waals surface area contributed by atoms with Gasteiger partial charge in [0.2, 0.25) is 5.91 Å². The summed E-state index contributed by atoms with van der Waals surface area (Å²) in [6.07, 6.45) is 12.0. The van der Waals surface area contributed by atoms with E-state index in [9.17, 15) is 15.1 Å². The Morgan fingerprint density at radius 2 is 1.56 bits per heavy atom. The lowest BCUT2D eigenvalue weighted by Crippen LogP contribution is -2.55. The highest BCUT2D eigenvalue weighted by atomic mass is 16.5. The van der Waals surface area contributed by atoms with E-state index in [0.717, 1.165) is 54.1 Å². The van der Waals surface area contributed by atoms with Gasteiger partial charge in [-0.2, -0.15) is 0 Å². The van der Waals surface area contributed by atoms with E-state index in [-0.39, 0.29) is 5.91 Å². The number of carbonyl (C=O) groups excluding carboxylic acids is 1. The zero-order chi connectivity index (χ0) is 29.0. The van der Waals surface area contributed by atoms with E-state index in [1.54, 1.807) is 0 Å².